The number of hydrogen-bond acceptors (Lipinski definition) is 6. The highest BCUT2D eigenvalue weighted by atomic mass is 35.5. The maximum atomic E-state index is 12.2. The van der Waals surface area contributed by atoms with Crippen LogP contribution in [0.25, 0.3) is 0 Å². The van der Waals surface area contributed by atoms with Gasteiger partial charge in [0, 0.05) is 5.02 Å². The Labute approximate surface area is 196 Å². The van der Waals surface area contributed by atoms with Gasteiger partial charge < -0.3 is 4.74 Å². The first-order valence-corrected chi connectivity index (χ1v) is 11.5. The number of halogens is 1. The predicted octanol–water partition coefficient (Wildman–Crippen LogP) is 3.30. The van der Waals surface area contributed by atoms with Gasteiger partial charge in [0.2, 0.25) is 10.0 Å². The SMILES string of the molecule is Cc1ccc(S(=O)(=O)NCC(=O)N/N=C/c2cccc(OC(=O)c3ccc(Cl)cc3)c2)cc1. The highest BCUT2D eigenvalue weighted by molar-refractivity contribution is 7.89. The van der Waals surface area contributed by atoms with Crippen LogP contribution in [0.5, 0.6) is 5.75 Å². The zero-order valence-corrected chi connectivity index (χ0v) is 19.1. The summed E-state index contributed by atoms with van der Waals surface area (Å²) in [7, 11) is -3.81. The highest BCUT2D eigenvalue weighted by Gasteiger charge is 2.15. The fourth-order valence-corrected chi connectivity index (χ4v) is 3.70. The van der Waals surface area contributed by atoms with Gasteiger partial charge in [-0.3, -0.25) is 4.79 Å². The lowest BCUT2D eigenvalue weighted by molar-refractivity contribution is -0.119. The first-order valence-electron chi connectivity index (χ1n) is 9.69. The lowest BCUT2D eigenvalue weighted by atomic mass is 10.2. The Bertz CT molecular complexity index is 1270. The van der Waals surface area contributed by atoms with Crippen LogP contribution in [0.15, 0.2) is 82.8 Å². The monoisotopic (exact) mass is 485 g/mol. The Balaban J connectivity index is 1.52. The summed E-state index contributed by atoms with van der Waals surface area (Å²) in [5.41, 5.74) is 4.06. The molecule has 1 amide bonds. The van der Waals surface area contributed by atoms with Crippen LogP contribution in [-0.4, -0.2) is 33.1 Å². The van der Waals surface area contributed by atoms with Gasteiger partial charge in [-0.05, 0) is 61.0 Å². The first-order chi connectivity index (χ1) is 15.7. The lowest BCUT2D eigenvalue weighted by Gasteiger charge is -2.06. The Hall–Kier alpha value is -3.53. The van der Waals surface area contributed by atoms with Gasteiger partial charge in [-0.2, -0.15) is 5.10 Å². The molecule has 3 rings (SSSR count). The van der Waals surface area contributed by atoms with Crippen LogP contribution in [0.1, 0.15) is 21.5 Å². The third-order valence-corrected chi connectivity index (χ3v) is 5.97. The number of aryl methyl sites for hydroxylation is 1. The number of hydrogen-bond donors (Lipinski definition) is 2. The number of esters is 1. The standard InChI is InChI=1S/C23H20ClN3O5S/c1-16-5-11-21(12-6-16)33(30,31)26-15-22(28)27-25-14-17-3-2-4-20(13-17)32-23(29)18-7-9-19(24)10-8-18/h2-14,26H,15H2,1H3,(H,27,28)/b25-14+. The lowest BCUT2D eigenvalue weighted by Crippen LogP contribution is -2.34. The summed E-state index contributed by atoms with van der Waals surface area (Å²) in [6.45, 7) is 1.36. The molecule has 0 aromatic heterocycles. The predicted molar refractivity (Wildman–Crippen MR) is 125 cm³/mol. The quantitative estimate of drug-likeness (QED) is 0.220. The number of rotatable bonds is 8. The Morgan fingerprint density at radius 2 is 1.73 bits per heavy atom. The molecule has 33 heavy (non-hydrogen) atoms. The second-order valence-corrected chi connectivity index (χ2v) is 9.10. The second-order valence-electron chi connectivity index (χ2n) is 6.90. The number of nitrogens with zero attached hydrogens (tertiary/aromatic N) is 1. The number of ether oxygens (including phenoxy) is 1. The van der Waals surface area contributed by atoms with Crippen LogP contribution in [0.3, 0.4) is 0 Å². The van der Waals surface area contributed by atoms with Crippen LogP contribution in [-0.2, 0) is 14.8 Å². The molecule has 0 unspecified atom stereocenters. The van der Waals surface area contributed by atoms with Crippen LogP contribution < -0.4 is 14.9 Å². The van der Waals surface area contributed by atoms with Crippen molar-refractivity contribution >= 4 is 39.7 Å². The number of amides is 1. The zero-order chi connectivity index (χ0) is 23.8. The smallest absolute Gasteiger partial charge is 0.343 e. The van der Waals surface area contributed by atoms with Gasteiger partial charge in [0.05, 0.1) is 23.2 Å². The molecule has 0 saturated carbocycles. The number of nitrogens with one attached hydrogen (secondary N) is 2. The van der Waals surface area contributed by atoms with Crippen LogP contribution in [0.2, 0.25) is 5.02 Å². The van der Waals surface area contributed by atoms with Gasteiger partial charge in [-0.25, -0.2) is 23.4 Å². The fourth-order valence-electron chi connectivity index (χ4n) is 2.59. The third kappa shape index (κ3) is 7.25. The van der Waals surface area contributed by atoms with E-state index in [0.717, 1.165) is 5.56 Å². The van der Waals surface area contributed by atoms with Crippen molar-refractivity contribution in [1.29, 1.82) is 0 Å². The molecule has 0 aliphatic rings. The van der Waals surface area contributed by atoms with Gasteiger partial charge in [0.25, 0.3) is 5.91 Å². The van der Waals surface area contributed by atoms with Gasteiger partial charge in [-0.1, -0.05) is 41.4 Å². The van der Waals surface area contributed by atoms with E-state index in [1.807, 2.05) is 6.92 Å². The molecule has 0 heterocycles. The van der Waals surface area contributed by atoms with Crippen molar-refractivity contribution in [3.63, 3.8) is 0 Å². The van der Waals surface area contributed by atoms with E-state index in [2.05, 4.69) is 15.2 Å². The maximum Gasteiger partial charge on any atom is 0.343 e. The van der Waals surface area contributed by atoms with E-state index in [1.54, 1.807) is 60.7 Å². The molecule has 0 aliphatic heterocycles. The van der Waals surface area contributed by atoms with Gasteiger partial charge in [-0.15, -0.1) is 0 Å². The Morgan fingerprint density at radius 1 is 1.03 bits per heavy atom. The number of hydrazone groups is 1. The average Bonchev–Trinajstić information content (AvgIpc) is 2.79. The zero-order valence-electron chi connectivity index (χ0n) is 17.5. The van der Waals surface area contributed by atoms with Gasteiger partial charge in [0.15, 0.2) is 0 Å². The van der Waals surface area contributed by atoms with Crippen LogP contribution >= 0.6 is 11.6 Å². The highest BCUT2D eigenvalue weighted by Crippen LogP contribution is 2.16. The molecule has 0 aliphatic carbocycles. The van der Waals surface area contributed by atoms with Crippen molar-refractivity contribution in [2.24, 2.45) is 5.10 Å². The van der Waals surface area contributed by atoms with Crippen LogP contribution in [0.4, 0.5) is 0 Å². The molecular weight excluding hydrogens is 466 g/mol. The van der Waals surface area contributed by atoms with Crippen molar-refractivity contribution < 1.29 is 22.7 Å². The largest absolute Gasteiger partial charge is 0.423 e. The second kappa shape index (κ2) is 10.9. The van der Waals surface area contributed by atoms with E-state index in [1.165, 1.54) is 18.3 Å². The molecule has 2 N–H and O–H groups in total. The summed E-state index contributed by atoms with van der Waals surface area (Å²) in [4.78, 5) is 24.2. The number of carbonyl (C=O) groups excluding carboxylic acids is 2. The number of sulfonamides is 1. The first kappa shape index (κ1) is 24.1. The summed E-state index contributed by atoms with van der Waals surface area (Å²) < 4.78 is 32.0. The van der Waals surface area contributed by atoms with E-state index in [9.17, 15) is 18.0 Å². The third-order valence-electron chi connectivity index (χ3n) is 4.31. The molecule has 0 saturated heterocycles. The number of carbonyl (C=O) groups is 2. The fraction of sp³-hybridized carbons (Fsp3) is 0.0870. The van der Waals surface area contributed by atoms with E-state index in [0.29, 0.717) is 16.1 Å². The van der Waals surface area contributed by atoms with Gasteiger partial charge >= 0.3 is 5.97 Å². The Kier molecular flexibility index (Phi) is 7.94. The average molecular weight is 486 g/mol. The molecule has 3 aromatic rings. The van der Waals surface area contributed by atoms with E-state index in [4.69, 9.17) is 16.3 Å². The molecule has 170 valence electrons. The molecule has 0 radical (unpaired) electrons. The molecule has 10 heteroatoms. The Morgan fingerprint density at radius 3 is 2.42 bits per heavy atom. The summed E-state index contributed by atoms with van der Waals surface area (Å²) >= 11 is 5.81. The van der Waals surface area contributed by atoms with Gasteiger partial charge in [0.1, 0.15) is 5.75 Å². The molecule has 8 nitrogen and oxygen atoms in total. The van der Waals surface area contributed by atoms with Crippen molar-refractivity contribution in [1.82, 2.24) is 10.1 Å². The summed E-state index contributed by atoms with van der Waals surface area (Å²) in [6.07, 6.45) is 1.34. The maximum absolute atomic E-state index is 12.2. The summed E-state index contributed by atoms with van der Waals surface area (Å²) in [5.74, 6) is -0.904. The summed E-state index contributed by atoms with van der Waals surface area (Å²) in [5, 5.41) is 4.31. The molecule has 0 atom stereocenters. The normalized spacial score (nSPS) is 11.3. The van der Waals surface area contributed by atoms with Crippen molar-refractivity contribution in [2.75, 3.05) is 6.54 Å². The molecular formula is C23H20ClN3O5S. The van der Waals surface area contributed by atoms with Crippen molar-refractivity contribution in [2.45, 2.75) is 11.8 Å². The van der Waals surface area contributed by atoms with Crippen molar-refractivity contribution in [3.8, 4) is 5.75 Å². The molecule has 0 bridgehead atoms. The molecule has 0 fully saturated rings. The van der Waals surface area contributed by atoms with E-state index in [-0.39, 0.29) is 10.6 Å². The van der Waals surface area contributed by atoms with Crippen LogP contribution in [0, 0.1) is 6.92 Å². The minimum Gasteiger partial charge on any atom is -0.423 e. The number of benzene rings is 3. The van der Waals surface area contributed by atoms with Crippen molar-refractivity contribution in [3.05, 3.63) is 94.5 Å². The van der Waals surface area contributed by atoms with E-state index >= 15 is 0 Å². The minimum atomic E-state index is -3.81. The topological polar surface area (TPSA) is 114 Å². The minimum absolute atomic E-state index is 0.0642. The summed E-state index contributed by atoms with van der Waals surface area (Å²) in [6, 6.07) is 19.0. The molecule has 3 aromatic carbocycles. The molecule has 0 spiro atoms. The van der Waals surface area contributed by atoms with E-state index < -0.39 is 28.4 Å².